The highest BCUT2D eigenvalue weighted by Gasteiger charge is 2.27. The summed E-state index contributed by atoms with van der Waals surface area (Å²) in [5.74, 6) is 0.568. The van der Waals surface area contributed by atoms with E-state index in [0.717, 1.165) is 72.2 Å². The first-order chi connectivity index (χ1) is 23.8. The van der Waals surface area contributed by atoms with Gasteiger partial charge in [-0.2, -0.15) is 0 Å². The maximum atomic E-state index is 6.76. The Balaban J connectivity index is 1.31. The Morgan fingerprint density at radius 1 is 0.500 bits per heavy atom. The van der Waals surface area contributed by atoms with Gasteiger partial charge in [-0.3, -0.25) is 0 Å². The number of fused-ring (bicyclic) bond motifs is 7. The number of aromatic nitrogens is 2. The van der Waals surface area contributed by atoms with Crippen LogP contribution >= 0.6 is 0 Å². The summed E-state index contributed by atoms with van der Waals surface area (Å²) in [6.07, 6.45) is 0. The average molecular weight is 618 g/mol. The highest BCUT2D eigenvalue weighted by Crippen LogP contribution is 2.48. The number of hydrogen-bond donors (Lipinski definition) is 0. The molecule has 7 aromatic carbocycles. The van der Waals surface area contributed by atoms with Crippen molar-refractivity contribution in [2.45, 2.75) is 0 Å². The second kappa shape index (κ2) is 10.5. The van der Waals surface area contributed by atoms with Gasteiger partial charge in [0.25, 0.3) is 0 Å². The molecule has 0 fully saturated rings. The minimum atomic E-state index is 0.568. The van der Waals surface area contributed by atoms with Crippen LogP contribution in [0.3, 0.4) is 0 Å². The molecule has 0 aliphatic heterocycles. The number of anilines is 3. The molecule has 10 aromatic rings. The average Bonchev–Trinajstić information content (AvgIpc) is 3.84. The Hall–Kier alpha value is -6.59. The first-order valence-corrected chi connectivity index (χ1v) is 16.1. The van der Waals surface area contributed by atoms with Crippen LogP contribution in [0.1, 0.15) is 0 Å². The van der Waals surface area contributed by atoms with E-state index in [2.05, 4.69) is 119 Å². The van der Waals surface area contributed by atoms with Crippen molar-refractivity contribution in [3.8, 4) is 17.1 Å². The lowest BCUT2D eigenvalue weighted by atomic mass is 10.1. The van der Waals surface area contributed by atoms with Crippen LogP contribution in [0, 0.1) is 0 Å². The highest BCUT2D eigenvalue weighted by molar-refractivity contribution is 6.20. The molecule has 0 saturated heterocycles. The van der Waals surface area contributed by atoms with Crippen LogP contribution in [0.25, 0.3) is 72.0 Å². The molecule has 0 amide bonds. The maximum absolute atomic E-state index is 6.76. The van der Waals surface area contributed by atoms with Crippen LogP contribution in [0.15, 0.2) is 173 Å². The lowest BCUT2D eigenvalue weighted by Gasteiger charge is -2.26. The molecule has 3 aromatic heterocycles. The summed E-state index contributed by atoms with van der Waals surface area (Å²) in [4.78, 5) is 7.30. The van der Waals surface area contributed by atoms with E-state index in [1.807, 2.05) is 54.6 Å². The van der Waals surface area contributed by atoms with Gasteiger partial charge in [-0.15, -0.1) is 0 Å². The molecule has 0 unspecified atom stereocenters. The third-order valence-corrected chi connectivity index (χ3v) is 9.18. The van der Waals surface area contributed by atoms with E-state index in [9.17, 15) is 0 Å². The lowest BCUT2D eigenvalue weighted by Crippen LogP contribution is -2.10. The van der Waals surface area contributed by atoms with Crippen molar-refractivity contribution < 1.29 is 8.83 Å². The van der Waals surface area contributed by atoms with Crippen molar-refractivity contribution in [2.24, 2.45) is 0 Å². The molecule has 226 valence electrons. The van der Waals surface area contributed by atoms with Crippen molar-refractivity contribution >= 4 is 71.9 Å². The fraction of sp³-hybridized carbons (Fsp3) is 0. The minimum absolute atomic E-state index is 0.568. The van der Waals surface area contributed by atoms with Gasteiger partial charge in [-0.25, -0.2) is 4.98 Å². The smallest absolute Gasteiger partial charge is 0.227 e. The standard InChI is InChI=1S/C43H27N3O2/c1-4-14-28(15-5-1)43-44-35-27-39-40(33-21-11-13-23-38(33)47-39)41(42(35)48-43)45(29-16-6-2-7-17-29)31-24-25-37-34(26-31)32-20-10-12-22-36(32)46(37)30-18-8-3-9-19-30/h1-27H. The van der Waals surface area contributed by atoms with Crippen LogP contribution in [0.2, 0.25) is 0 Å². The fourth-order valence-electron chi connectivity index (χ4n) is 7.10. The molecule has 0 aliphatic rings. The van der Waals surface area contributed by atoms with Crippen molar-refractivity contribution in [3.05, 3.63) is 164 Å². The van der Waals surface area contributed by atoms with Gasteiger partial charge in [-0.1, -0.05) is 91.0 Å². The molecule has 0 radical (unpaired) electrons. The summed E-state index contributed by atoms with van der Waals surface area (Å²) in [5.41, 5.74) is 10.2. The third kappa shape index (κ3) is 4.01. The summed E-state index contributed by atoms with van der Waals surface area (Å²) in [7, 11) is 0. The number of para-hydroxylation sites is 4. The first-order valence-electron chi connectivity index (χ1n) is 16.1. The van der Waals surface area contributed by atoms with Crippen LogP contribution in [0.4, 0.5) is 17.1 Å². The molecule has 0 aliphatic carbocycles. The van der Waals surface area contributed by atoms with Gasteiger partial charge in [0.05, 0.1) is 16.4 Å². The summed E-state index contributed by atoms with van der Waals surface area (Å²) < 4.78 is 15.6. The molecule has 0 bridgehead atoms. The van der Waals surface area contributed by atoms with Crippen LogP contribution in [-0.4, -0.2) is 9.55 Å². The Labute approximate surface area is 275 Å². The van der Waals surface area contributed by atoms with E-state index in [1.54, 1.807) is 0 Å². The van der Waals surface area contributed by atoms with Gasteiger partial charge < -0.3 is 18.3 Å². The van der Waals surface area contributed by atoms with Crippen LogP contribution in [0.5, 0.6) is 0 Å². The molecule has 5 nitrogen and oxygen atoms in total. The topological polar surface area (TPSA) is 47.3 Å². The molecule has 3 heterocycles. The van der Waals surface area contributed by atoms with Crippen LogP contribution < -0.4 is 4.90 Å². The summed E-state index contributed by atoms with van der Waals surface area (Å²) in [6.45, 7) is 0. The van der Waals surface area contributed by atoms with Crippen molar-refractivity contribution in [2.75, 3.05) is 4.90 Å². The second-order valence-electron chi connectivity index (χ2n) is 12.0. The SMILES string of the molecule is c1ccc(-c2nc3cc4oc5ccccc5c4c(N(c4ccccc4)c4ccc5c(c4)c4ccccc4n5-c4ccccc4)c3o2)cc1. The van der Waals surface area contributed by atoms with E-state index in [4.69, 9.17) is 13.8 Å². The Bertz CT molecular complexity index is 2780. The molecular weight excluding hydrogens is 590 g/mol. The van der Waals surface area contributed by atoms with E-state index >= 15 is 0 Å². The van der Waals surface area contributed by atoms with Crippen molar-refractivity contribution in [1.82, 2.24) is 9.55 Å². The van der Waals surface area contributed by atoms with Gasteiger partial charge in [0.15, 0.2) is 5.58 Å². The molecule has 10 rings (SSSR count). The largest absolute Gasteiger partial charge is 0.456 e. The van der Waals surface area contributed by atoms with Gasteiger partial charge in [-0.05, 0) is 66.7 Å². The van der Waals surface area contributed by atoms with Crippen LogP contribution in [-0.2, 0) is 0 Å². The molecule has 5 heteroatoms. The zero-order valence-electron chi connectivity index (χ0n) is 25.7. The Morgan fingerprint density at radius 2 is 1.17 bits per heavy atom. The molecule has 0 spiro atoms. The maximum Gasteiger partial charge on any atom is 0.227 e. The summed E-state index contributed by atoms with van der Waals surface area (Å²) in [6, 6.07) is 56.6. The minimum Gasteiger partial charge on any atom is -0.456 e. The normalized spacial score (nSPS) is 11.8. The monoisotopic (exact) mass is 617 g/mol. The number of oxazole rings is 1. The summed E-state index contributed by atoms with van der Waals surface area (Å²) in [5, 5.41) is 4.35. The quantitative estimate of drug-likeness (QED) is 0.193. The number of rotatable bonds is 5. The van der Waals surface area contributed by atoms with Gasteiger partial charge in [0.2, 0.25) is 5.89 Å². The zero-order valence-corrected chi connectivity index (χ0v) is 25.7. The van der Waals surface area contributed by atoms with E-state index in [0.29, 0.717) is 11.5 Å². The zero-order chi connectivity index (χ0) is 31.6. The number of nitrogens with zero attached hydrogens (tertiary/aromatic N) is 3. The van der Waals surface area contributed by atoms with E-state index in [-0.39, 0.29) is 0 Å². The first kappa shape index (κ1) is 26.6. The number of benzene rings is 7. The predicted octanol–water partition coefficient (Wildman–Crippen LogP) is 12.0. The summed E-state index contributed by atoms with van der Waals surface area (Å²) >= 11 is 0. The van der Waals surface area contributed by atoms with E-state index in [1.165, 1.54) is 5.39 Å². The molecular formula is C43H27N3O2. The number of hydrogen-bond acceptors (Lipinski definition) is 4. The molecule has 0 N–H and O–H groups in total. The highest BCUT2D eigenvalue weighted by atomic mass is 16.4. The second-order valence-corrected chi connectivity index (χ2v) is 12.0. The van der Waals surface area contributed by atoms with Gasteiger partial charge in [0.1, 0.15) is 22.4 Å². The third-order valence-electron chi connectivity index (χ3n) is 9.18. The van der Waals surface area contributed by atoms with E-state index < -0.39 is 0 Å². The van der Waals surface area contributed by atoms with Crippen molar-refractivity contribution in [1.29, 1.82) is 0 Å². The molecule has 48 heavy (non-hydrogen) atoms. The lowest BCUT2D eigenvalue weighted by molar-refractivity contribution is 0.620. The predicted molar refractivity (Wildman–Crippen MR) is 196 cm³/mol. The van der Waals surface area contributed by atoms with Crippen molar-refractivity contribution in [3.63, 3.8) is 0 Å². The van der Waals surface area contributed by atoms with Gasteiger partial charge in [0, 0.05) is 44.9 Å². The fourth-order valence-corrected chi connectivity index (χ4v) is 7.10. The van der Waals surface area contributed by atoms with Gasteiger partial charge >= 0.3 is 0 Å². The molecule has 0 atom stereocenters. The molecule has 0 saturated carbocycles. The number of furan rings is 1. The Kier molecular flexibility index (Phi) is 5.81. The Morgan fingerprint density at radius 3 is 1.98 bits per heavy atom.